The summed E-state index contributed by atoms with van der Waals surface area (Å²) >= 11 is 0. The van der Waals surface area contributed by atoms with Crippen LogP contribution in [0.2, 0.25) is 0 Å². The normalized spacial score (nSPS) is 15.8. The molecule has 0 heterocycles. The van der Waals surface area contributed by atoms with Crippen molar-refractivity contribution >= 4 is 6.08 Å². The Morgan fingerprint density at radius 1 is 1.38 bits per heavy atom. The molecule has 1 fully saturated rings. The number of hydrogen-bond acceptors (Lipinski definition) is 1. The summed E-state index contributed by atoms with van der Waals surface area (Å²) in [4.78, 5) is 0. The lowest BCUT2D eigenvalue weighted by atomic mass is 10.0. The second kappa shape index (κ2) is 3.35. The van der Waals surface area contributed by atoms with Crippen molar-refractivity contribution in [3.05, 3.63) is 41.5 Å². The fourth-order valence-electron chi connectivity index (χ4n) is 1.61. The second-order valence-corrected chi connectivity index (χ2v) is 3.64. The van der Waals surface area contributed by atoms with Crippen LogP contribution in [0.1, 0.15) is 35.4 Å². The molecule has 0 bridgehead atoms. The minimum atomic E-state index is 0.126. The predicted octanol–water partition coefficient (Wildman–Crippen LogP) is 2.70. The molecule has 0 aromatic heterocycles. The summed E-state index contributed by atoms with van der Waals surface area (Å²) in [5.74, 6) is 0.741. The average Bonchev–Trinajstić information content (AvgIpc) is 3.00. The Kier molecular flexibility index (Phi) is 2.19. The van der Waals surface area contributed by atoms with E-state index in [4.69, 9.17) is 5.11 Å². The smallest absolute Gasteiger partial charge is 0.0682 e. The van der Waals surface area contributed by atoms with Gasteiger partial charge in [-0.3, -0.25) is 0 Å². The van der Waals surface area contributed by atoms with E-state index in [2.05, 4.69) is 18.7 Å². The van der Waals surface area contributed by atoms with Gasteiger partial charge in [0, 0.05) is 0 Å². The van der Waals surface area contributed by atoms with Gasteiger partial charge >= 0.3 is 0 Å². The molecular formula is C12H14O. The fourth-order valence-corrected chi connectivity index (χ4v) is 1.61. The van der Waals surface area contributed by atoms with Gasteiger partial charge in [0.05, 0.1) is 6.61 Å². The molecule has 0 radical (unpaired) electrons. The summed E-state index contributed by atoms with van der Waals surface area (Å²) in [5, 5.41) is 9.05. The zero-order valence-electron chi connectivity index (χ0n) is 7.66. The Hall–Kier alpha value is -1.08. The van der Waals surface area contributed by atoms with Crippen molar-refractivity contribution in [3.8, 4) is 0 Å². The van der Waals surface area contributed by atoms with Gasteiger partial charge in [0.15, 0.2) is 0 Å². The van der Waals surface area contributed by atoms with Crippen molar-refractivity contribution in [2.24, 2.45) is 0 Å². The SMILES string of the molecule is C=Cc1cc(CO)cc(C2CC2)c1. The van der Waals surface area contributed by atoms with Crippen molar-refractivity contribution in [2.45, 2.75) is 25.4 Å². The van der Waals surface area contributed by atoms with E-state index in [0.717, 1.165) is 17.0 Å². The van der Waals surface area contributed by atoms with Gasteiger partial charge in [-0.1, -0.05) is 24.8 Å². The van der Waals surface area contributed by atoms with Crippen molar-refractivity contribution in [1.29, 1.82) is 0 Å². The molecule has 0 amide bonds. The first-order valence-corrected chi connectivity index (χ1v) is 4.70. The van der Waals surface area contributed by atoms with Crippen LogP contribution in [0.3, 0.4) is 0 Å². The third-order valence-corrected chi connectivity index (χ3v) is 2.50. The Morgan fingerprint density at radius 2 is 2.15 bits per heavy atom. The maximum atomic E-state index is 9.05. The molecule has 0 saturated heterocycles. The molecule has 0 atom stereocenters. The Morgan fingerprint density at radius 3 is 2.69 bits per heavy atom. The van der Waals surface area contributed by atoms with Crippen molar-refractivity contribution in [2.75, 3.05) is 0 Å². The van der Waals surface area contributed by atoms with Gasteiger partial charge < -0.3 is 5.11 Å². The molecule has 1 aliphatic rings. The quantitative estimate of drug-likeness (QED) is 0.747. The third-order valence-electron chi connectivity index (χ3n) is 2.50. The minimum Gasteiger partial charge on any atom is -0.392 e. The molecule has 1 aromatic rings. The van der Waals surface area contributed by atoms with Gasteiger partial charge in [-0.05, 0) is 41.5 Å². The zero-order chi connectivity index (χ0) is 9.26. The molecule has 1 aromatic carbocycles. The number of rotatable bonds is 3. The zero-order valence-corrected chi connectivity index (χ0v) is 7.66. The van der Waals surface area contributed by atoms with Crippen LogP contribution in [-0.4, -0.2) is 5.11 Å². The molecule has 1 N–H and O–H groups in total. The van der Waals surface area contributed by atoms with Crippen molar-refractivity contribution < 1.29 is 5.11 Å². The molecule has 1 saturated carbocycles. The van der Waals surface area contributed by atoms with Crippen LogP contribution in [0.5, 0.6) is 0 Å². The fraction of sp³-hybridized carbons (Fsp3) is 0.333. The van der Waals surface area contributed by atoms with Gasteiger partial charge in [0.25, 0.3) is 0 Å². The standard InChI is InChI=1S/C12H14O/c1-2-9-5-10(8-13)7-12(6-9)11-3-4-11/h2,5-7,11,13H,1,3-4,8H2. The molecule has 1 aliphatic carbocycles. The van der Waals surface area contributed by atoms with Crippen LogP contribution in [0, 0.1) is 0 Å². The molecule has 2 rings (SSSR count). The average molecular weight is 174 g/mol. The molecule has 0 spiro atoms. The topological polar surface area (TPSA) is 20.2 Å². The van der Waals surface area contributed by atoms with Crippen LogP contribution in [-0.2, 0) is 6.61 Å². The lowest BCUT2D eigenvalue weighted by molar-refractivity contribution is 0.281. The first-order valence-electron chi connectivity index (χ1n) is 4.70. The second-order valence-electron chi connectivity index (χ2n) is 3.64. The first kappa shape index (κ1) is 8.52. The largest absolute Gasteiger partial charge is 0.392 e. The number of aliphatic hydroxyl groups is 1. The summed E-state index contributed by atoms with van der Waals surface area (Å²) in [6.45, 7) is 3.87. The van der Waals surface area contributed by atoms with Crippen LogP contribution < -0.4 is 0 Å². The van der Waals surface area contributed by atoms with E-state index in [9.17, 15) is 0 Å². The van der Waals surface area contributed by atoms with Gasteiger partial charge in [-0.2, -0.15) is 0 Å². The highest BCUT2D eigenvalue weighted by molar-refractivity contribution is 5.51. The van der Waals surface area contributed by atoms with E-state index >= 15 is 0 Å². The maximum absolute atomic E-state index is 9.05. The highest BCUT2D eigenvalue weighted by Gasteiger charge is 2.23. The Labute approximate surface area is 78.7 Å². The molecule has 13 heavy (non-hydrogen) atoms. The number of hydrogen-bond donors (Lipinski definition) is 1. The molecule has 0 aliphatic heterocycles. The summed E-state index contributed by atoms with van der Waals surface area (Å²) in [6, 6.07) is 6.26. The monoisotopic (exact) mass is 174 g/mol. The van der Waals surface area contributed by atoms with Crippen LogP contribution in [0.15, 0.2) is 24.8 Å². The molecular weight excluding hydrogens is 160 g/mol. The van der Waals surface area contributed by atoms with Crippen molar-refractivity contribution in [3.63, 3.8) is 0 Å². The van der Waals surface area contributed by atoms with Gasteiger partial charge in [-0.25, -0.2) is 0 Å². The van der Waals surface area contributed by atoms with E-state index in [0.29, 0.717) is 0 Å². The van der Waals surface area contributed by atoms with E-state index in [1.807, 2.05) is 12.1 Å². The van der Waals surface area contributed by atoms with Crippen LogP contribution in [0.25, 0.3) is 6.08 Å². The Bertz CT molecular complexity index is 324. The number of benzene rings is 1. The van der Waals surface area contributed by atoms with Gasteiger partial charge in [-0.15, -0.1) is 0 Å². The van der Waals surface area contributed by atoms with Gasteiger partial charge in [0.2, 0.25) is 0 Å². The summed E-state index contributed by atoms with van der Waals surface area (Å²) in [7, 11) is 0. The van der Waals surface area contributed by atoms with E-state index in [1.165, 1.54) is 18.4 Å². The lowest BCUT2D eigenvalue weighted by Gasteiger charge is -2.04. The van der Waals surface area contributed by atoms with Crippen LogP contribution >= 0.6 is 0 Å². The van der Waals surface area contributed by atoms with E-state index in [1.54, 1.807) is 0 Å². The third kappa shape index (κ3) is 1.81. The lowest BCUT2D eigenvalue weighted by Crippen LogP contribution is -1.88. The molecule has 0 unspecified atom stereocenters. The van der Waals surface area contributed by atoms with Crippen LogP contribution in [0.4, 0.5) is 0 Å². The first-order chi connectivity index (χ1) is 6.33. The van der Waals surface area contributed by atoms with E-state index < -0.39 is 0 Å². The van der Waals surface area contributed by atoms with Crippen molar-refractivity contribution in [1.82, 2.24) is 0 Å². The summed E-state index contributed by atoms with van der Waals surface area (Å²) < 4.78 is 0. The number of aliphatic hydroxyl groups excluding tert-OH is 1. The highest BCUT2D eigenvalue weighted by Crippen LogP contribution is 2.40. The predicted molar refractivity (Wildman–Crippen MR) is 54.4 cm³/mol. The molecule has 68 valence electrons. The maximum Gasteiger partial charge on any atom is 0.0682 e. The van der Waals surface area contributed by atoms with Gasteiger partial charge in [0.1, 0.15) is 0 Å². The van der Waals surface area contributed by atoms with E-state index in [-0.39, 0.29) is 6.61 Å². The molecule has 1 heteroatoms. The highest BCUT2D eigenvalue weighted by atomic mass is 16.3. The Balaban J connectivity index is 2.38. The minimum absolute atomic E-state index is 0.126. The summed E-state index contributed by atoms with van der Waals surface area (Å²) in [5.41, 5.74) is 3.48. The molecule has 1 nitrogen and oxygen atoms in total. The summed E-state index contributed by atoms with van der Waals surface area (Å²) in [6.07, 6.45) is 4.43.